The van der Waals surface area contributed by atoms with Crippen LogP contribution >= 0.6 is 11.6 Å². The largest absolute Gasteiger partial charge is 0.490 e. The van der Waals surface area contributed by atoms with Crippen molar-refractivity contribution in [3.63, 3.8) is 0 Å². The lowest BCUT2D eigenvalue weighted by Crippen LogP contribution is -2.24. The molecule has 5 nitrogen and oxygen atoms in total. The van der Waals surface area contributed by atoms with Crippen molar-refractivity contribution in [2.45, 2.75) is 46.0 Å². The lowest BCUT2D eigenvalue weighted by Gasteiger charge is -2.15. The van der Waals surface area contributed by atoms with Gasteiger partial charge in [0, 0.05) is 6.54 Å². The van der Waals surface area contributed by atoms with Gasteiger partial charge in [0.2, 0.25) is 5.91 Å². The molecule has 0 saturated carbocycles. The standard InChI is InChI=1S/C18H25ClN2O3/c1-3-5-6-11-24-18-15(19)12-14(13-16(18)23-4-2)8-10-21-17(22)7-9-20/h12-13H,3-8,10-11H2,1-2H3,(H,21,22). The molecule has 1 amide bonds. The highest BCUT2D eigenvalue weighted by atomic mass is 35.5. The van der Waals surface area contributed by atoms with Gasteiger partial charge in [0.1, 0.15) is 6.42 Å². The molecule has 1 rings (SSSR count). The van der Waals surface area contributed by atoms with Crippen LogP contribution in [-0.4, -0.2) is 25.7 Å². The van der Waals surface area contributed by atoms with Crippen LogP contribution in [0.5, 0.6) is 11.5 Å². The molecule has 0 saturated heterocycles. The van der Waals surface area contributed by atoms with Crippen molar-refractivity contribution >= 4 is 17.5 Å². The van der Waals surface area contributed by atoms with Crippen molar-refractivity contribution in [3.05, 3.63) is 22.7 Å². The quantitative estimate of drug-likeness (QED) is 0.613. The molecule has 0 atom stereocenters. The minimum atomic E-state index is -0.274. The average Bonchev–Trinajstić information content (AvgIpc) is 2.54. The predicted octanol–water partition coefficient (Wildman–Crippen LogP) is 3.88. The molecule has 0 fully saturated rings. The zero-order valence-electron chi connectivity index (χ0n) is 14.4. The number of ether oxygens (including phenoxy) is 2. The van der Waals surface area contributed by atoms with Crippen LogP contribution in [0, 0.1) is 11.3 Å². The molecule has 24 heavy (non-hydrogen) atoms. The number of amides is 1. The summed E-state index contributed by atoms with van der Waals surface area (Å²) in [6.45, 7) is 5.62. The van der Waals surface area contributed by atoms with Gasteiger partial charge < -0.3 is 14.8 Å². The van der Waals surface area contributed by atoms with Gasteiger partial charge in [0.05, 0.1) is 24.3 Å². The van der Waals surface area contributed by atoms with Gasteiger partial charge in [-0.3, -0.25) is 4.79 Å². The number of halogens is 1. The van der Waals surface area contributed by atoms with Gasteiger partial charge in [-0.2, -0.15) is 5.26 Å². The maximum absolute atomic E-state index is 11.3. The number of hydrogen-bond acceptors (Lipinski definition) is 4. The Hall–Kier alpha value is -1.93. The number of benzene rings is 1. The maximum atomic E-state index is 11.3. The zero-order valence-corrected chi connectivity index (χ0v) is 15.1. The van der Waals surface area contributed by atoms with E-state index in [-0.39, 0.29) is 12.3 Å². The molecule has 1 aromatic rings. The molecule has 0 aliphatic carbocycles. The summed E-state index contributed by atoms with van der Waals surface area (Å²) in [6.07, 6.45) is 3.70. The van der Waals surface area contributed by atoms with Gasteiger partial charge in [0.15, 0.2) is 11.5 Å². The topological polar surface area (TPSA) is 71.3 Å². The number of carbonyl (C=O) groups excluding carboxylic acids is 1. The highest BCUT2D eigenvalue weighted by Crippen LogP contribution is 2.37. The third-order valence-electron chi connectivity index (χ3n) is 3.34. The van der Waals surface area contributed by atoms with Crippen LogP contribution in [0.15, 0.2) is 12.1 Å². The Morgan fingerprint density at radius 3 is 2.75 bits per heavy atom. The van der Waals surface area contributed by atoms with Crippen LogP contribution in [0.4, 0.5) is 0 Å². The van der Waals surface area contributed by atoms with Gasteiger partial charge in [-0.1, -0.05) is 31.4 Å². The minimum Gasteiger partial charge on any atom is -0.490 e. The second kappa shape index (κ2) is 11.6. The molecule has 0 bridgehead atoms. The van der Waals surface area contributed by atoms with E-state index in [9.17, 15) is 4.79 Å². The Morgan fingerprint density at radius 2 is 2.08 bits per heavy atom. The summed E-state index contributed by atoms with van der Waals surface area (Å²) in [7, 11) is 0. The Bertz CT molecular complexity index is 570. The van der Waals surface area contributed by atoms with Crippen LogP contribution in [0.3, 0.4) is 0 Å². The number of nitrogens with one attached hydrogen (secondary N) is 1. The third-order valence-corrected chi connectivity index (χ3v) is 3.62. The van der Waals surface area contributed by atoms with E-state index in [0.29, 0.717) is 42.7 Å². The molecular formula is C18H25ClN2O3. The van der Waals surface area contributed by atoms with Crippen molar-refractivity contribution in [2.24, 2.45) is 0 Å². The smallest absolute Gasteiger partial charge is 0.234 e. The fourth-order valence-corrected chi connectivity index (χ4v) is 2.46. The van der Waals surface area contributed by atoms with Crippen LogP contribution in [0.25, 0.3) is 0 Å². The Labute approximate surface area is 148 Å². The lowest BCUT2D eigenvalue weighted by atomic mass is 10.1. The SMILES string of the molecule is CCCCCOc1c(Cl)cc(CCNC(=O)CC#N)cc1OCC. The summed E-state index contributed by atoms with van der Waals surface area (Å²) < 4.78 is 11.4. The third kappa shape index (κ3) is 7.10. The first-order chi connectivity index (χ1) is 11.6. The van der Waals surface area contributed by atoms with E-state index in [1.54, 1.807) is 0 Å². The highest BCUT2D eigenvalue weighted by Gasteiger charge is 2.13. The molecule has 6 heteroatoms. The molecule has 0 aliphatic heterocycles. The van der Waals surface area contributed by atoms with E-state index in [2.05, 4.69) is 12.2 Å². The number of unbranched alkanes of at least 4 members (excludes halogenated alkanes) is 2. The fourth-order valence-electron chi connectivity index (χ4n) is 2.18. The molecule has 1 N–H and O–H groups in total. The number of carbonyl (C=O) groups is 1. The average molecular weight is 353 g/mol. The maximum Gasteiger partial charge on any atom is 0.234 e. The number of rotatable bonds is 11. The second-order valence-electron chi connectivity index (χ2n) is 5.33. The summed E-state index contributed by atoms with van der Waals surface area (Å²) in [5.41, 5.74) is 0.946. The van der Waals surface area contributed by atoms with Crippen LogP contribution < -0.4 is 14.8 Å². The van der Waals surface area contributed by atoms with E-state index in [1.807, 2.05) is 25.1 Å². The zero-order chi connectivity index (χ0) is 17.8. The Kier molecular flexibility index (Phi) is 9.71. The molecule has 0 aromatic heterocycles. The number of nitriles is 1. The normalized spacial score (nSPS) is 10.1. The Balaban J connectivity index is 2.71. The van der Waals surface area contributed by atoms with Crippen molar-refractivity contribution < 1.29 is 14.3 Å². The van der Waals surface area contributed by atoms with Crippen molar-refractivity contribution in [1.29, 1.82) is 5.26 Å². The number of nitrogens with zero attached hydrogens (tertiary/aromatic N) is 1. The summed E-state index contributed by atoms with van der Waals surface area (Å²) in [6, 6.07) is 5.54. The van der Waals surface area contributed by atoms with E-state index < -0.39 is 0 Å². The molecule has 0 aliphatic rings. The summed E-state index contributed by atoms with van der Waals surface area (Å²) in [5.74, 6) is 0.927. The molecule has 132 valence electrons. The van der Waals surface area contributed by atoms with E-state index >= 15 is 0 Å². The van der Waals surface area contributed by atoms with Crippen LogP contribution in [-0.2, 0) is 11.2 Å². The second-order valence-corrected chi connectivity index (χ2v) is 5.74. The summed E-state index contributed by atoms with van der Waals surface area (Å²) >= 11 is 6.34. The van der Waals surface area contributed by atoms with Crippen molar-refractivity contribution in [1.82, 2.24) is 5.32 Å². The molecular weight excluding hydrogens is 328 g/mol. The summed E-state index contributed by atoms with van der Waals surface area (Å²) in [4.78, 5) is 11.3. The Morgan fingerprint density at radius 1 is 1.29 bits per heavy atom. The van der Waals surface area contributed by atoms with E-state index in [0.717, 1.165) is 24.8 Å². The van der Waals surface area contributed by atoms with Crippen molar-refractivity contribution in [3.8, 4) is 17.6 Å². The van der Waals surface area contributed by atoms with Gasteiger partial charge in [-0.05, 0) is 37.5 Å². The van der Waals surface area contributed by atoms with Crippen LogP contribution in [0.1, 0.15) is 45.1 Å². The molecule has 0 heterocycles. The van der Waals surface area contributed by atoms with Gasteiger partial charge in [-0.25, -0.2) is 0 Å². The molecule has 1 aromatic carbocycles. The molecule has 0 spiro atoms. The highest BCUT2D eigenvalue weighted by molar-refractivity contribution is 6.32. The number of hydrogen-bond donors (Lipinski definition) is 1. The first kappa shape index (κ1) is 20.1. The van der Waals surface area contributed by atoms with E-state index in [1.165, 1.54) is 0 Å². The van der Waals surface area contributed by atoms with E-state index in [4.69, 9.17) is 26.3 Å². The minimum absolute atomic E-state index is 0.129. The first-order valence-corrected chi connectivity index (χ1v) is 8.71. The van der Waals surface area contributed by atoms with Gasteiger partial charge in [-0.15, -0.1) is 0 Å². The van der Waals surface area contributed by atoms with Gasteiger partial charge in [0.25, 0.3) is 0 Å². The monoisotopic (exact) mass is 352 g/mol. The van der Waals surface area contributed by atoms with Crippen LogP contribution in [0.2, 0.25) is 5.02 Å². The first-order valence-electron chi connectivity index (χ1n) is 8.34. The summed E-state index contributed by atoms with van der Waals surface area (Å²) in [5, 5.41) is 11.7. The molecule has 0 radical (unpaired) electrons. The van der Waals surface area contributed by atoms with Crippen molar-refractivity contribution in [2.75, 3.05) is 19.8 Å². The fraction of sp³-hybridized carbons (Fsp3) is 0.556. The lowest BCUT2D eigenvalue weighted by molar-refractivity contribution is -0.120. The molecule has 0 unspecified atom stereocenters. The predicted molar refractivity (Wildman–Crippen MR) is 94.6 cm³/mol. The van der Waals surface area contributed by atoms with Gasteiger partial charge >= 0.3 is 0 Å².